The summed E-state index contributed by atoms with van der Waals surface area (Å²) < 4.78 is 2.16. The molecular formula is C13H24N4S. The second-order valence-electron chi connectivity index (χ2n) is 4.96. The fourth-order valence-corrected chi connectivity index (χ4v) is 4.33. The Bertz CT molecular complexity index is 377. The van der Waals surface area contributed by atoms with E-state index in [1.807, 2.05) is 11.8 Å². The Morgan fingerprint density at radius 2 is 2.06 bits per heavy atom. The van der Waals surface area contributed by atoms with Crippen LogP contribution in [0.1, 0.15) is 51.8 Å². The molecule has 2 unspecified atom stereocenters. The summed E-state index contributed by atoms with van der Waals surface area (Å²) >= 11 is 1.92. The number of rotatable bonds is 5. The van der Waals surface area contributed by atoms with Gasteiger partial charge < -0.3 is 10.3 Å². The van der Waals surface area contributed by atoms with Gasteiger partial charge in [0.1, 0.15) is 5.82 Å². The van der Waals surface area contributed by atoms with E-state index in [1.165, 1.54) is 32.1 Å². The molecule has 2 N–H and O–H groups in total. The molecule has 1 aliphatic rings. The Kier molecular flexibility index (Phi) is 5.06. The van der Waals surface area contributed by atoms with Crippen LogP contribution in [-0.2, 0) is 13.1 Å². The van der Waals surface area contributed by atoms with Gasteiger partial charge in [0, 0.05) is 11.8 Å². The zero-order valence-electron chi connectivity index (χ0n) is 11.4. The lowest BCUT2D eigenvalue weighted by molar-refractivity contribution is 0.360. The van der Waals surface area contributed by atoms with Crippen LogP contribution in [0.15, 0.2) is 5.16 Å². The van der Waals surface area contributed by atoms with Crippen molar-refractivity contribution in [1.82, 2.24) is 14.8 Å². The normalized spacial score (nSPS) is 24.4. The van der Waals surface area contributed by atoms with E-state index in [0.29, 0.717) is 11.8 Å². The van der Waals surface area contributed by atoms with Crippen molar-refractivity contribution in [2.75, 3.05) is 0 Å². The fourth-order valence-electron chi connectivity index (χ4n) is 2.81. The number of thioether (sulfide) groups is 1. The van der Waals surface area contributed by atoms with Crippen molar-refractivity contribution in [3.05, 3.63) is 5.82 Å². The van der Waals surface area contributed by atoms with Crippen molar-refractivity contribution >= 4 is 11.8 Å². The first-order valence-electron chi connectivity index (χ1n) is 7.08. The van der Waals surface area contributed by atoms with Gasteiger partial charge in [-0.25, -0.2) is 0 Å². The molecule has 2 rings (SSSR count). The van der Waals surface area contributed by atoms with Crippen LogP contribution >= 0.6 is 11.8 Å². The quantitative estimate of drug-likeness (QED) is 0.892. The van der Waals surface area contributed by atoms with Crippen LogP contribution < -0.4 is 5.73 Å². The molecule has 0 aliphatic heterocycles. The number of nitrogens with two attached hydrogens (primary N) is 1. The zero-order valence-corrected chi connectivity index (χ0v) is 12.2. The standard InChI is InChI=1S/C13H24N4S/c1-3-10-7-5-6-8-11(10)18-13-16-15-12(9-14)17(13)4-2/h10-11H,3-9,14H2,1-2H3. The second-order valence-corrected chi connectivity index (χ2v) is 6.16. The number of hydrogen-bond acceptors (Lipinski definition) is 4. The third kappa shape index (κ3) is 2.88. The molecule has 1 aliphatic carbocycles. The molecule has 0 saturated heterocycles. The van der Waals surface area contributed by atoms with Crippen molar-refractivity contribution < 1.29 is 0 Å². The topological polar surface area (TPSA) is 56.7 Å². The first-order chi connectivity index (χ1) is 8.80. The van der Waals surface area contributed by atoms with Gasteiger partial charge in [0.2, 0.25) is 0 Å². The van der Waals surface area contributed by atoms with Gasteiger partial charge in [-0.05, 0) is 25.7 Å². The number of nitrogens with zero attached hydrogens (tertiary/aromatic N) is 3. The van der Waals surface area contributed by atoms with Gasteiger partial charge >= 0.3 is 0 Å². The summed E-state index contributed by atoms with van der Waals surface area (Å²) in [6.45, 7) is 5.82. The monoisotopic (exact) mass is 268 g/mol. The van der Waals surface area contributed by atoms with E-state index in [-0.39, 0.29) is 0 Å². The van der Waals surface area contributed by atoms with Gasteiger partial charge in [-0.1, -0.05) is 37.9 Å². The van der Waals surface area contributed by atoms with E-state index in [9.17, 15) is 0 Å². The molecule has 4 nitrogen and oxygen atoms in total. The highest BCUT2D eigenvalue weighted by Gasteiger charge is 2.26. The summed E-state index contributed by atoms with van der Waals surface area (Å²) in [6.07, 6.45) is 6.72. The summed E-state index contributed by atoms with van der Waals surface area (Å²) in [4.78, 5) is 0. The Morgan fingerprint density at radius 1 is 1.28 bits per heavy atom. The molecule has 1 heterocycles. The van der Waals surface area contributed by atoms with E-state index in [0.717, 1.165) is 23.4 Å². The molecule has 0 spiro atoms. The van der Waals surface area contributed by atoms with E-state index in [4.69, 9.17) is 5.73 Å². The molecule has 2 atom stereocenters. The molecule has 0 aromatic carbocycles. The fraction of sp³-hybridized carbons (Fsp3) is 0.846. The van der Waals surface area contributed by atoms with Crippen molar-refractivity contribution in [3.63, 3.8) is 0 Å². The Labute approximate surface area is 114 Å². The molecule has 1 aromatic rings. The summed E-state index contributed by atoms with van der Waals surface area (Å²) in [5.74, 6) is 1.75. The van der Waals surface area contributed by atoms with Crippen LogP contribution in [0.3, 0.4) is 0 Å². The first kappa shape index (κ1) is 13.9. The predicted molar refractivity (Wildman–Crippen MR) is 75.5 cm³/mol. The van der Waals surface area contributed by atoms with Gasteiger partial charge in [-0.2, -0.15) is 0 Å². The SMILES string of the molecule is CCC1CCCCC1Sc1nnc(CN)n1CC. The van der Waals surface area contributed by atoms with Gasteiger partial charge in [-0.3, -0.25) is 0 Å². The molecule has 102 valence electrons. The maximum Gasteiger partial charge on any atom is 0.191 e. The van der Waals surface area contributed by atoms with Crippen LogP contribution in [0.25, 0.3) is 0 Å². The molecule has 0 amide bonds. The smallest absolute Gasteiger partial charge is 0.191 e. The van der Waals surface area contributed by atoms with Crippen LogP contribution in [-0.4, -0.2) is 20.0 Å². The van der Waals surface area contributed by atoms with Crippen LogP contribution in [0, 0.1) is 5.92 Å². The molecule has 1 saturated carbocycles. The van der Waals surface area contributed by atoms with Gasteiger partial charge in [0.25, 0.3) is 0 Å². The van der Waals surface area contributed by atoms with Crippen molar-refractivity contribution in [1.29, 1.82) is 0 Å². The highest BCUT2D eigenvalue weighted by atomic mass is 32.2. The molecule has 18 heavy (non-hydrogen) atoms. The minimum atomic E-state index is 0.475. The maximum absolute atomic E-state index is 5.69. The second kappa shape index (κ2) is 6.57. The molecule has 0 bridgehead atoms. The minimum absolute atomic E-state index is 0.475. The lowest BCUT2D eigenvalue weighted by Gasteiger charge is -2.29. The summed E-state index contributed by atoms with van der Waals surface area (Å²) in [5.41, 5.74) is 5.69. The predicted octanol–water partition coefficient (Wildman–Crippen LogP) is 2.82. The highest BCUT2D eigenvalue weighted by molar-refractivity contribution is 7.99. The molecule has 0 radical (unpaired) electrons. The average Bonchev–Trinajstić information content (AvgIpc) is 2.81. The summed E-state index contributed by atoms with van der Waals surface area (Å²) in [6, 6.07) is 0. The molecular weight excluding hydrogens is 244 g/mol. The van der Waals surface area contributed by atoms with Crippen molar-refractivity contribution in [3.8, 4) is 0 Å². The Hall–Kier alpha value is -0.550. The summed E-state index contributed by atoms with van der Waals surface area (Å²) in [7, 11) is 0. The Balaban J connectivity index is 2.10. The molecule has 5 heteroatoms. The lowest BCUT2D eigenvalue weighted by Crippen LogP contribution is -2.22. The Morgan fingerprint density at radius 3 is 2.72 bits per heavy atom. The van der Waals surface area contributed by atoms with Gasteiger partial charge in [0.05, 0.1) is 6.54 Å². The molecule has 1 fully saturated rings. The molecule has 1 aromatic heterocycles. The van der Waals surface area contributed by atoms with E-state index in [2.05, 4.69) is 28.6 Å². The van der Waals surface area contributed by atoms with Crippen LogP contribution in [0.4, 0.5) is 0 Å². The van der Waals surface area contributed by atoms with E-state index < -0.39 is 0 Å². The minimum Gasteiger partial charge on any atom is -0.324 e. The third-order valence-corrected chi connectivity index (χ3v) is 5.35. The zero-order chi connectivity index (χ0) is 13.0. The van der Waals surface area contributed by atoms with Crippen LogP contribution in [0.2, 0.25) is 0 Å². The number of hydrogen-bond donors (Lipinski definition) is 1. The lowest BCUT2D eigenvalue weighted by atomic mass is 9.87. The van der Waals surface area contributed by atoms with Crippen molar-refractivity contribution in [2.45, 2.75) is 69.4 Å². The maximum atomic E-state index is 5.69. The van der Waals surface area contributed by atoms with Gasteiger partial charge in [0.15, 0.2) is 5.16 Å². The van der Waals surface area contributed by atoms with Gasteiger partial charge in [-0.15, -0.1) is 10.2 Å². The number of aromatic nitrogens is 3. The summed E-state index contributed by atoms with van der Waals surface area (Å²) in [5, 5.41) is 10.3. The third-order valence-electron chi connectivity index (χ3n) is 3.91. The highest BCUT2D eigenvalue weighted by Crippen LogP contribution is 2.38. The van der Waals surface area contributed by atoms with E-state index >= 15 is 0 Å². The van der Waals surface area contributed by atoms with Crippen LogP contribution in [0.5, 0.6) is 0 Å². The van der Waals surface area contributed by atoms with Crippen molar-refractivity contribution in [2.24, 2.45) is 11.7 Å². The average molecular weight is 268 g/mol. The first-order valence-corrected chi connectivity index (χ1v) is 7.96. The van der Waals surface area contributed by atoms with E-state index in [1.54, 1.807) is 0 Å². The largest absolute Gasteiger partial charge is 0.324 e.